The molecule has 3 heteroatoms. The standard InChI is InChI=1S/C20H28ClNO/c1-2-3-4-5-6-16-7-9-17(10-8-16)15-23-20-12-11-18(14-22)13-19(20)21/h11-13,16-17H,2-10,15H2,1H3. The lowest BCUT2D eigenvalue weighted by Crippen LogP contribution is -2.20. The second-order valence-corrected chi connectivity index (χ2v) is 7.21. The highest BCUT2D eigenvalue weighted by Crippen LogP contribution is 2.33. The number of hydrogen-bond donors (Lipinski definition) is 0. The summed E-state index contributed by atoms with van der Waals surface area (Å²) in [7, 11) is 0. The van der Waals surface area contributed by atoms with Gasteiger partial charge in [0.2, 0.25) is 0 Å². The van der Waals surface area contributed by atoms with Crippen LogP contribution in [0.2, 0.25) is 5.02 Å². The van der Waals surface area contributed by atoms with Crippen LogP contribution in [0.5, 0.6) is 5.75 Å². The van der Waals surface area contributed by atoms with E-state index >= 15 is 0 Å². The number of unbranched alkanes of at least 4 members (excludes halogenated alkanes) is 3. The van der Waals surface area contributed by atoms with E-state index in [-0.39, 0.29) is 0 Å². The van der Waals surface area contributed by atoms with E-state index in [1.807, 2.05) is 0 Å². The van der Waals surface area contributed by atoms with E-state index in [9.17, 15) is 0 Å². The van der Waals surface area contributed by atoms with Gasteiger partial charge >= 0.3 is 0 Å². The molecule has 1 aliphatic carbocycles. The van der Waals surface area contributed by atoms with E-state index in [2.05, 4.69) is 13.0 Å². The number of rotatable bonds is 8. The predicted molar refractivity (Wildman–Crippen MR) is 95.9 cm³/mol. The van der Waals surface area contributed by atoms with E-state index < -0.39 is 0 Å². The number of ether oxygens (including phenoxy) is 1. The van der Waals surface area contributed by atoms with Crippen molar-refractivity contribution in [2.24, 2.45) is 11.8 Å². The molecule has 0 amide bonds. The van der Waals surface area contributed by atoms with Crippen molar-refractivity contribution in [1.82, 2.24) is 0 Å². The van der Waals surface area contributed by atoms with Crippen LogP contribution in [0, 0.1) is 23.2 Å². The summed E-state index contributed by atoms with van der Waals surface area (Å²) in [5.74, 6) is 2.28. The third-order valence-corrected chi connectivity index (χ3v) is 5.26. The molecule has 0 unspecified atom stereocenters. The highest BCUT2D eigenvalue weighted by atomic mass is 35.5. The van der Waals surface area contributed by atoms with E-state index in [0.29, 0.717) is 22.3 Å². The first-order chi connectivity index (χ1) is 11.2. The summed E-state index contributed by atoms with van der Waals surface area (Å²) in [5, 5.41) is 9.39. The molecule has 1 aromatic rings. The van der Waals surface area contributed by atoms with Crippen LogP contribution in [0.4, 0.5) is 0 Å². The molecule has 0 saturated heterocycles. The van der Waals surface area contributed by atoms with Gasteiger partial charge in [0.15, 0.2) is 0 Å². The van der Waals surface area contributed by atoms with Gasteiger partial charge in [0, 0.05) is 0 Å². The topological polar surface area (TPSA) is 33.0 Å². The minimum atomic E-state index is 0.536. The second kappa shape index (κ2) is 9.83. The predicted octanol–water partition coefficient (Wildman–Crippen LogP) is 6.37. The van der Waals surface area contributed by atoms with Crippen molar-refractivity contribution < 1.29 is 4.74 Å². The van der Waals surface area contributed by atoms with Gasteiger partial charge in [-0.3, -0.25) is 0 Å². The molecule has 23 heavy (non-hydrogen) atoms. The van der Waals surface area contributed by atoms with Gasteiger partial charge in [-0.1, -0.05) is 63.5 Å². The van der Waals surface area contributed by atoms with Crippen LogP contribution in [-0.2, 0) is 0 Å². The highest BCUT2D eigenvalue weighted by molar-refractivity contribution is 6.32. The lowest BCUT2D eigenvalue weighted by Gasteiger charge is -2.28. The van der Waals surface area contributed by atoms with Gasteiger partial charge in [-0.15, -0.1) is 0 Å². The number of hydrogen-bond acceptors (Lipinski definition) is 2. The fourth-order valence-corrected chi connectivity index (χ4v) is 3.68. The van der Waals surface area contributed by atoms with Crippen molar-refractivity contribution in [3.05, 3.63) is 28.8 Å². The molecule has 0 radical (unpaired) electrons. The van der Waals surface area contributed by atoms with Gasteiger partial charge in [0.1, 0.15) is 5.75 Å². The van der Waals surface area contributed by atoms with Crippen LogP contribution in [0.1, 0.15) is 70.3 Å². The van der Waals surface area contributed by atoms with Crippen LogP contribution in [-0.4, -0.2) is 6.61 Å². The fraction of sp³-hybridized carbons (Fsp3) is 0.650. The first-order valence-corrected chi connectivity index (χ1v) is 9.43. The monoisotopic (exact) mass is 333 g/mol. The summed E-state index contributed by atoms with van der Waals surface area (Å²) in [4.78, 5) is 0. The fourth-order valence-electron chi connectivity index (χ4n) is 3.44. The van der Waals surface area contributed by atoms with Crippen molar-refractivity contribution in [1.29, 1.82) is 5.26 Å². The Morgan fingerprint density at radius 3 is 2.52 bits per heavy atom. The Labute approximate surface area is 145 Å². The maximum atomic E-state index is 8.85. The minimum absolute atomic E-state index is 0.536. The SMILES string of the molecule is CCCCCCC1CCC(COc2ccc(C#N)cc2Cl)CC1. The summed E-state index contributed by atoms with van der Waals surface area (Å²) in [5.41, 5.74) is 0.575. The van der Waals surface area contributed by atoms with Crippen molar-refractivity contribution in [2.75, 3.05) is 6.61 Å². The zero-order valence-corrected chi connectivity index (χ0v) is 14.9. The molecule has 0 aromatic heterocycles. The molecule has 1 saturated carbocycles. The average Bonchev–Trinajstić information content (AvgIpc) is 2.58. The second-order valence-electron chi connectivity index (χ2n) is 6.80. The third kappa shape index (κ3) is 6.07. The Balaban J connectivity index is 1.68. The molecule has 126 valence electrons. The molecule has 0 aliphatic heterocycles. The quantitative estimate of drug-likeness (QED) is 0.518. The smallest absolute Gasteiger partial charge is 0.137 e. The lowest BCUT2D eigenvalue weighted by molar-refractivity contribution is 0.177. The Kier molecular flexibility index (Phi) is 7.76. The van der Waals surface area contributed by atoms with Crippen molar-refractivity contribution in [3.63, 3.8) is 0 Å². The normalized spacial score (nSPS) is 20.9. The van der Waals surface area contributed by atoms with Gasteiger partial charge in [0.05, 0.1) is 23.3 Å². The Hall–Kier alpha value is -1.20. The molecule has 2 rings (SSSR count). The summed E-state index contributed by atoms with van der Waals surface area (Å²) in [6.07, 6.45) is 12.2. The molecular formula is C20H28ClNO. The average molecular weight is 334 g/mol. The molecule has 0 bridgehead atoms. The molecule has 1 fully saturated rings. The van der Waals surface area contributed by atoms with E-state index in [1.54, 1.807) is 18.2 Å². The van der Waals surface area contributed by atoms with Crippen LogP contribution in [0.15, 0.2) is 18.2 Å². The van der Waals surface area contributed by atoms with Crippen LogP contribution in [0.3, 0.4) is 0 Å². The van der Waals surface area contributed by atoms with E-state index in [4.69, 9.17) is 21.6 Å². The van der Waals surface area contributed by atoms with Gasteiger partial charge < -0.3 is 4.74 Å². The zero-order valence-electron chi connectivity index (χ0n) is 14.2. The van der Waals surface area contributed by atoms with Crippen molar-refractivity contribution in [2.45, 2.75) is 64.7 Å². The molecule has 1 aromatic carbocycles. The first-order valence-electron chi connectivity index (χ1n) is 9.05. The molecule has 2 nitrogen and oxygen atoms in total. The molecule has 0 spiro atoms. The van der Waals surface area contributed by atoms with Crippen molar-refractivity contribution in [3.8, 4) is 11.8 Å². The highest BCUT2D eigenvalue weighted by Gasteiger charge is 2.21. The first kappa shape index (κ1) is 18.1. The molecule has 0 N–H and O–H groups in total. The molecule has 0 atom stereocenters. The maximum absolute atomic E-state index is 8.85. The third-order valence-electron chi connectivity index (χ3n) is 4.97. The summed E-state index contributed by atoms with van der Waals surface area (Å²) < 4.78 is 5.88. The van der Waals surface area contributed by atoms with Gasteiger partial charge in [-0.05, 0) is 42.9 Å². The number of benzene rings is 1. The maximum Gasteiger partial charge on any atom is 0.137 e. The van der Waals surface area contributed by atoms with E-state index in [1.165, 1.54) is 57.8 Å². The zero-order chi connectivity index (χ0) is 16.5. The number of nitrogens with zero attached hydrogens (tertiary/aromatic N) is 1. The molecular weight excluding hydrogens is 306 g/mol. The Bertz CT molecular complexity index is 515. The summed E-state index contributed by atoms with van der Waals surface area (Å²) in [6, 6.07) is 7.32. The Morgan fingerprint density at radius 1 is 1.13 bits per heavy atom. The van der Waals surface area contributed by atoms with Crippen LogP contribution < -0.4 is 4.74 Å². The number of nitriles is 1. The van der Waals surface area contributed by atoms with Gasteiger partial charge in [-0.2, -0.15) is 5.26 Å². The van der Waals surface area contributed by atoms with Gasteiger partial charge in [-0.25, -0.2) is 0 Å². The lowest BCUT2D eigenvalue weighted by atomic mass is 9.80. The number of halogens is 1. The largest absolute Gasteiger partial charge is 0.492 e. The summed E-state index contributed by atoms with van der Waals surface area (Å²) >= 11 is 6.16. The summed E-state index contributed by atoms with van der Waals surface area (Å²) in [6.45, 7) is 3.01. The van der Waals surface area contributed by atoms with Gasteiger partial charge in [0.25, 0.3) is 0 Å². The molecule has 1 aliphatic rings. The molecule has 0 heterocycles. The minimum Gasteiger partial charge on any atom is -0.492 e. The Morgan fingerprint density at radius 2 is 1.87 bits per heavy atom. The van der Waals surface area contributed by atoms with E-state index in [0.717, 1.165) is 12.5 Å². The van der Waals surface area contributed by atoms with Crippen LogP contribution >= 0.6 is 11.6 Å². The van der Waals surface area contributed by atoms with Crippen LogP contribution in [0.25, 0.3) is 0 Å². The van der Waals surface area contributed by atoms with Crippen molar-refractivity contribution >= 4 is 11.6 Å².